The number of rotatable bonds is 8. The molecule has 0 atom stereocenters. The number of sulfonamides is 1. The molecule has 10 nitrogen and oxygen atoms in total. The van der Waals surface area contributed by atoms with Crippen LogP contribution in [0.3, 0.4) is 0 Å². The Morgan fingerprint density at radius 3 is 2.30 bits per heavy atom. The van der Waals surface area contributed by atoms with E-state index in [4.69, 9.17) is 9.72 Å². The minimum atomic E-state index is -3.97. The van der Waals surface area contributed by atoms with Crippen LogP contribution in [-0.2, 0) is 23.5 Å². The average molecular weight is 562 g/mol. The lowest BCUT2D eigenvalue weighted by Gasteiger charge is -2.29. The Labute approximate surface area is 235 Å². The molecule has 2 aromatic carbocycles. The summed E-state index contributed by atoms with van der Waals surface area (Å²) in [6, 6.07) is 12.1. The summed E-state index contributed by atoms with van der Waals surface area (Å²) in [5, 5.41) is 7.36. The maximum absolute atomic E-state index is 13.2. The van der Waals surface area contributed by atoms with E-state index >= 15 is 0 Å². The zero-order valence-electron chi connectivity index (χ0n) is 23.5. The molecule has 0 aliphatic carbocycles. The van der Waals surface area contributed by atoms with Crippen molar-refractivity contribution in [2.75, 3.05) is 35.8 Å². The van der Waals surface area contributed by atoms with Crippen LogP contribution in [0, 0.1) is 20.8 Å². The lowest BCUT2D eigenvalue weighted by molar-refractivity contribution is 0.456. The fourth-order valence-electron chi connectivity index (χ4n) is 5.15. The van der Waals surface area contributed by atoms with Gasteiger partial charge in [0, 0.05) is 56.2 Å². The van der Waals surface area contributed by atoms with Gasteiger partial charge >= 0.3 is 0 Å². The summed E-state index contributed by atoms with van der Waals surface area (Å²) in [4.78, 5) is 11.7. The molecule has 210 valence electrons. The summed E-state index contributed by atoms with van der Waals surface area (Å²) in [6.07, 6.45) is 3.30. The lowest BCUT2D eigenvalue weighted by atomic mass is 9.94. The normalized spacial score (nSPS) is 13.9. The average Bonchev–Trinajstić information content (AvgIpc) is 3.36. The predicted octanol–water partition coefficient (Wildman–Crippen LogP) is 4.37. The third kappa shape index (κ3) is 5.80. The maximum Gasteiger partial charge on any atom is 0.267 e. The van der Waals surface area contributed by atoms with Gasteiger partial charge in [-0.15, -0.1) is 0 Å². The van der Waals surface area contributed by atoms with Gasteiger partial charge in [-0.25, -0.2) is 18.1 Å². The highest BCUT2D eigenvalue weighted by Gasteiger charge is 2.24. The van der Waals surface area contributed by atoms with E-state index < -0.39 is 10.0 Å². The first-order valence-electron chi connectivity index (χ1n) is 13.4. The Morgan fingerprint density at radius 1 is 1.02 bits per heavy atom. The number of nitrogens with one attached hydrogen (secondary N) is 2. The third-order valence-corrected chi connectivity index (χ3v) is 8.27. The second kappa shape index (κ2) is 11.3. The quantitative estimate of drug-likeness (QED) is 0.326. The van der Waals surface area contributed by atoms with Crippen molar-refractivity contribution in [2.45, 2.75) is 39.0 Å². The Bertz CT molecular complexity index is 1600. The van der Waals surface area contributed by atoms with Crippen LogP contribution < -0.4 is 19.7 Å². The largest absolute Gasteiger partial charge is 0.439 e. The van der Waals surface area contributed by atoms with Gasteiger partial charge in [-0.05, 0) is 62.6 Å². The van der Waals surface area contributed by atoms with Crippen molar-refractivity contribution >= 4 is 21.7 Å². The lowest BCUT2D eigenvalue weighted by Crippen LogP contribution is -2.43. The van der Waals surface area contributed by atoms with Crippen molar-refractivity contribution in [3.63, 3.8) is 0 Å². The molecule has 1 aliphatic heterocycles. The van der Waals surface area contributed by atoms with Crippen molar-refractivity contribution in [1.29, 1.82) is 0 Å². The van der Waals surface area contributed by atoms with Crippen LogP contribution in [0.25, 0.3) is 11.3 Å². The first-order valence-corrected chi connectivity index (χ1v) is 14.9. The standard InChI is InChI=1S/C29H35N7O3S/c1-6-25-27(26-20(3)15-19(2)16-21(26)4)32-29(34-40(37,38)24-17-31-35(5)18-24)33-28(25)39-23-9-7-22(8-10-23)36-13-11-30-12-14-36/h7-10,15-18,30H,6,11-14H2,1-5H3,(H,32,33,34). The summed E-state index contributed by atoms with van der Waals surface area (Å²) in [5.41, 5.74) is 6.73. The first-order chi connectivity index (χ1) is 19.1. The Hall–Kier alpha value is -3.96. The van der Waals surface area contributed by atoms with Crippen LogP contribution in [0.4, 0.5) is 11.6 Å². The van der Waals surface area contributed by atoms with Crippen molar-refractivity contribution in [3.8, 4) is 22.9 Å². The zero-order valence-corrected chi connectivity index (χ0v) is 24.3. The molecule has 0 amide bonds. The summed E-state index contributed by atoms with van der Waals surface area (Å²) in [5.74, 6) is 0.852. The molecule has 4 aromatic rings. The van der Waals surface area contributed by atoms with Gasteiger partial charge in [-0.2, -0.15) is 10.1 Å². The van der Waals surface area contributed by atoms with Crippen molar-refractivity contribution < 1.29 is 13.2 Å². The van der Waals surface area contributed by atoms with Gasteiger partial charge in [-0.1, -0.05) is 24.6 Å². The fourth-order valence-corrected chi connectivity index (χ4v) is 6.08. The van der Waals surface area contributed by atoms with Crippen LogP contribution in [0.5, 0.6) is 11.6 Å². The second-order valence-electron chi connectivity index (χ2n) is 10.1. The molecule has 1 aliphatic rings. The number of aryl methyl sites for hydroxylation is 4. The van der Waals surface area contributed by atoms with Gasteiger partial charge in [0.25, 0.3) is 10.0 Å². The Morgan fingerprint density at radius 2 is 1.70 bits per heavy atom. The number of nitrogens with zero attached hydrogens (tertiary/aromatic N) is 5. The summed E-state index contributed by atoms with van der Waals surface area (Å²) in [7, 11) is -2.31. The number of hydrogen-bond acceptors (Lipinski definition) is 8. The summed E-state index contributed by atoms with van der Waals surface area (Å²) >= 11 is 0. The number of anilines is 2. The van der Waals surface area contributed by atoms with Gasteiger partial charge < -0.3 is 15.0 Å². The van der Waals surface area contributed by atoms with Crippen LogP contribution in [0.15, 0.2) is 53.7 Å². The number of piperazine rings is 1. The third-order valence-electron chi connectivity index (χ3n) is 6.99. The highest BCUT2D eigenvalue weighted by Crippen LogP contribution is 2.37. The first kappa shape index (κ1) is 27.6. The van der Waals surface area contributed by atoms with Gasteiger partial charge in [0.05, 0.1) is 11.9 Å². The number of hydrogen-bond donors (Lipinski definition) is 2. The van der Waals surface area contributed by atoms with Crippen LogP contribution >= 0.6 is 0 Å². The van der Waals surface area contributed by atoms with E-state index in [9.17, 15) is 8.42 Å². The molecular formula is C29H35N7O3S. The predicted molar refractivity (Wildman–Crippen MR) is 157 cm³/mol. The molecular weight excluding hydrogens is 526 g/mol. The molecule has 0 unspecified atom stereocenters. The van der Waals surface area contributed by atoms with Crippen LogP contribution in [0.1, 0.15) is 29.2 Å². The minimum absolute atomic E-state index is 0.0217. The van der Waals surface area contributed by atoms with Gasteiger partial charge in [-0.3, -0.25) is 4.68 Å². The number of ether oxygens (including phenoxy) is 1. The molecule has 40 heavy (non-hydrogen) atoms. The van der Waals surface area contributed by atoms with Gasteiger partial charge in [0.1, 0.15) is 10.6 Å². The van der Waals surface area contributed by atoms with Crippen molar-refractivity contribution in [3.05, 3.63) is 71.0 Å². The molecule has 5 rings (SSSR count). The molecule has 2 aromatic heterocycles. The molecule has 1 saturated heterocycles. The molecule has 0 bridgehead atoms. The van der Waals surface area contributed by atoms with Crippen molar-refractivity contribution in [1.82, 2.24) is 25.1 Å². The molecule has 3 heterocycles. The highest BCUT2D eigenvalue weighted by atomic mass is 32.2. The fraction of sp³-hybridized carbons (Fsp3) is 0.345. The Balaban J connectivity index is 1.58. The molecule has 0 radical (unpaired) electrons. The van der Waals surface area contributed by atoms with Gasteiger partial charge in [0.15, 0.2) is 0 Å². The second-order valence-corrected chi connectivity index (χ2v) is 11.8. The van der Waals surface area contributed by atoms with E-state index in [-0.39, 0.29) is 10.8 Å². The van der Waals surface area contributed by atoms with E-state index in [0.29, 0.717) is 23.7 Å². The zero-order chi connectivity index (χ0) is 28.4. The van der Waals surface area contributed by atoms with E-state index in [1.807, 2.05) is 45.0 Å². The van der Waals surface area contributed by atoms with Gasteiger partial charge in [0.2, 0.25) is 11.8 Å². The SMILES string of the molecule is CCc1c(Oc2ccc(N3CCNCC3)cc2)nc(NS(=O)(=O)c2cnn(C)c2)nc1-c1c(C)cc(C)cc1C. The Kier molecular flexibility index (Phi) is 7.77. The van der Waals surface area contributed by atoms with E-state index in [1.165, 1.54) is 17.1 Å². The molecule has 0 spiro atoms. The topological polar surface area (TPSA) is 114 Å². The smallest absolute Gasteiger partial charge is 0.267 e. The summed E-state index contributed by atoms with van der Waals surface area (Å²) in [6.45, 7) is 11.9. The number of aromatic nitrogens is 4. The van der Waals surface area contributed by atoms with E-state index in [2.05, 4.69) is 44.1 Å². The van der Waals surface area contributed by atoms with E-state index in [1.54, 1.807) is 7.05 Å². The van der Waals surface area contributed by atoms with Crippen LogP contribution in [-0.4, -0.2) is 54.3 Å². The van der Waals surface area contributed by atoms with Crippen LogP contribution in [0.2, 0.25) is 0 Å². The highest BCUT2D eigenvalue weighted by molar-refractivity contribution is 7.92. The van der Waals surface area contributed by atoms with Crippen molar-refractivity contribution in [2.24, 2.45) is 7.05 Å². The molecule has 2 N–H and O–H groups in total. The number of benzene rings is 2. The maximum atomic E-state index is 13.2. The molecule has 0 saturated carbocycles. The summed E-state index contributed by atoms with van der Waals surface area (Å²) < 4.78 is 36.6. The molecule has 1 fully saturated rings. The van der Waals surface area contributed by atoms with E-state index in [0.717, 1.165) is 59.7 Å². The minimum Gasteiger partial charge on any atom is -0.439 e. The monoisotopic (exact) mass is 561 g/mol. The molecule has 11 heteroatoms.